The lowest BCUT2D eigenvalue weighted by Crippen LogP contribution is -2.06. The van der Waals surface area contributed by atoms with Gasteiger partial charge < -0.3 is 5.32 Å². The van der Waals surface area contributed by atoms with Crippen molar-refractivity contribution in [2.75, 3.05) is 13.6 Å². The van der Waals surface area contributed by atoms with E-state index in [0.717, 1.165) is 6.54 Å². The molecule has 1 heteroatoms. The van der Waals surface area contributed by atoms with Gasteiger partial charge in [0.2, 0.25) is 0 Å². The minimum absolute atomic E-state index is 1.16. The van der Waals surface area contributed by atoms with E-state index in [2.05, 4.69) is 39.9 Å². The van der Waals surface area contributed by atoms with E-state index in [1.807, 2.05) is 7.05 Å². The van der Waals surface area contributed by atoms with Gasteiger partial charge in [-0.2, -0.15) is 0 Å². The molecule has 1 N–H and O–H groups in total. The van der Waals surface area contributed by atoms with Gasteiger partial charge in [-0.1, -0.05) is 66.7 Å². The number of rotatable bonds is 5. The molecule has 90 valence electrons. The average Bonchev–Trinajstić information content (AvgIpc) is 2.27. The van der Waals surface area contributed by atoms with Crippen molar-refractivity contribution >= 4 is 0 Å². The minimum Gasteiger partial charge on any atom is -0.320 e. The van der Waals surface area contributed by atoms with Crippen molar-refractivity contribution in [3.8, 4) is 0 Å². The van der Waals surface area contributed by atoms with E-state index in [-0.39, 0.29) is 0 Å². The van der Waals surface area contributed by atoms with E-state index in [1.54, 1.807) is 0 Å². The molecule has 0 saturated carbocycles. The van der Waals surface area contributed by atoms with Gasteiger partial charge in [0.15, 0.2) is 0 Å². The maximum absolute atomic E-state index is 3.07. The molecule has 0 aromatic carbocycles. The van der Waals surface area contributed by atoms with Crippen LogP contribution in [-0.2, 0) is 0 Å². The zero-order valence-corrected chi connectivity index (χ0v) is 11.4. The predicted molar refractivity (Wildman–Crippen MR) is 70.0 cm³/mol. The molecule has 0 amide bonds. The van der Waals surface area contributed by atoms with Crippen molar-refractivity contribution in [1.82, 2.24) is 5.32 Å². The van der Waals surface area contributed by atoms with E-state index < -0.39 is 0 Å². The highest BCUT2D eigenvalue weighted by atomic mass is 14.8. The lowest BCUT2D eigenvalue weighted by Gasteiger charge is -1.89. The quantitative estimate of drug-likeness (QED) is 0.643. The third-order valence-corrected chi connectivity index (χ3v) is 1.78. The number of hydrogen-bond acceptors (Lipinski definition) is 1. The van der Waals surface area contributed by atoms with E-state index in [0.29, 0.717) is 0 Å². The fourth-order valence-corrected chi connectivity index (χ4v) is 0.354. The number of nitrogens with one attached hydrogen (secondary N) is 1. The van der Waals surface area contributed by atoms with Gasteiger partial charge in [-0.25, -0.2) is 0 Å². The van der Waals surface area contributed by atoms with Crippen molar-refractivity contribution < 1.29 is 0 Å². The highest BCUT2D eigenvalue weighted by molar-refractivity contribution is 4.34. The van der Waals surface area contributed by atoms with Gasteiger partial charge in [-0.3, -0.25) is 0 Å². The first-order valence-corrected chi connectivity index (χ1v) is 6.39. The molecule has 0 saturated heterocycles. The van der Waals surface area contributed by atoms with Crippen LogP contribution in [0.1, 0.15) is 73.1 Å². The smallest absolute Gasteiger partial charge is 0.00520 e. The summed E-state index contributed by atoms with van der Waals surface area (Å²) in [7, 11) is 1.98. The van der Waals surface area contributed by atoms with E-state index in [1.165, 1.54) is 38.5 Å². The average molecular weight is 203 g/mol. The Hall–Kier alpha value is -0.0400. The summed E-state index contributed by atoms with van der Waals surface area (Å²) in [5, 5.41) is 3.07. The fraction of sp³-hybridized carbons (Fsp3) is 1.00. The molecule has 0 aliphatic carbocycles. The Kier molecular flexibility index (Phi) is 40.8. The Morgan fingerprint density at radius 1 is 0.643 bits per heavy atom. The highest BCUT2D eigenvalue weighted by Crippen LogP contribution is 1.79. The Balaban J connectivity index is -0.000000135. The zero-order valence-electron chi connectivity index (χ0n) is 11.4. The van der Waals surface area contributed by atoms with Crippen molar-refractivity contribution in [1.29, 1.82) is 0 Å². The lowest BCUT2D eigenvalue weighted by molar-refractivity contribution is 0.711. The molecule has 0 radical (unpaired) electrons. The van der Waals surface area contributed by atoms with Crippen LogP contribution in [-0.4, -0.2) is 13.6 Å². The summed E-state index contributed by atoms with van der Waals surface area (Å²) in [5.41, 5.74) is 0. The van der Waals surface area contributed by atoms with Crippen LogP contribution in [0.15, 0.2) is 0 Å². The second-order valence-corrected chi connectivity index (χ2v) is 3.46. The molecular weight excluding hydrogens is 170 g/mol. The summed E-state index contributed by atoms with van der Waals surface area (Å²) >= 11 is 0. The number of unbranched alkanes of at least 4 members (excludes halogenated alkanes) is 3. The third kappa shape index (κ3) is 58.4. The third-order valence-electron chi connectivity index (χ3n) is 1.78. The predicted octanol–water partition coefficient (Wildman–Crippen LogP) is 4.62. The van der Waals surface area contributed by atoms with E-state index in [9.17, 15) is 0 Å². The maximum atomic E-state index is 3.07. The molecule has 0 aromatic heterocycles. The maximum Gasteiger partial charge on any atom is -0.00520 e. The zero-order chi connectivity index (χ0) is 11.7. The van der Waals surface area contributed by atoms with Gasteiger partial charge in [0.05, 0.1) is 0 Å². The van der Waals surface area contributed by atoms with Crippen LogP contribution >= 0.6 is 0 Å². The Morgan fingerprint density at radius 3 is 1.07 bits per heavy atom. The molecule has 0 spiro atoms. The van der Waals surface area contributed by atoms with Gasteiger partial charge in [-0.15, -0.1) is 0 Å². The summed E-state index contributed by atoms with van der Waals surface area (Å²) in [6.45, 7) is 12.1. The summed E-state index contributed by atoms with van der Waals surface area (Å²) in [5.74, 6) is 0. The summed E-state index contributed by atoms with van der Waals surface area (Å²) < 4.78 is 0. The first-order chi connectivity index (χ1) is 6.74. The Bertz CT molecular complexity index is 41.2. The summed E-state index contributed by atoms with van der Waals surface area (Å²) in [4.78, 5) is 0. The number of hydrogen-bond donors (Lipinski definition) is 1. The molecule has 0 heterocycles. The van der Waals surface area contributed by atoms with Crippen molar-refractivity contribution in [2.45, 2.75) is 73.1 Å². The summed E-state index contributed by atoms with van der Waals surface area (Å²) in [6, 6.07) is 0. The van der Waals surface area contributed by atoms with Crippen LogP contribution in [0, 0.1) is 0 Å². The van der Waals surface area contributed by atoms with Crippen LogP contribution in [0.4, 0.5) is 0 Å². The van der Waals surface area contributed by atoms with Crippen molar-refractivity contribution in [3.63, 3.8) is 0 Å². The highest BCUT2D eigenvalue weighted by Gasteiger charge is 1.73. The van der Waals surface area contributed by atoms with E-state index in [4.69, 9.17) is 0 Å². The topological polar surface area (TPSA) is 12.0 Å². The first-order valence-electron chi connectivity index (χ1n) is 6.39. The molecular formula is C13H33N. The van der Waals surface area contributed by atoms with Gasteiger partial charge in [0.1, 0.15) is 0 Å². The molecule has 0 rings (SSSR count). The van der Waals surface area contributed by atoms with Crippen LogP contribution in [0.25, 0.3) is 0 Å². The molecule has 14 heavy (non-hydrogen) atoms. The Labute approximate surface area is 92.7 Å². The SMILES string of the molecule is CCCC.CCCC.CCCCNC. The second-order valence-electron chi connectivity index (χ2n) is 3.46. The monoisotopic (exact) mass is 203 g/mol. The first kappa shape index (κ1) is 19.5. The normalized spacial score (nSPS) is 8.14. The molecule has 1 nitrogen and oxygen atoms in total. The van der Waals surface area contributed by atoms with Crippen molar-refractivity contribution in [2.24, 2.45) is 0 Å². The van der Waals surface area contributed by atoms with E-state index >= 15 is 0 Å². The lowest BCUT2D eigenvalue weighted by atomic mass is 10.3. The second kappa shape index (κ2) is 29.3. The van der Waals surface area contributed by atoms with Crippen LogP contribution < -0.4 is 5.32 Å². The van der Waals surface area contributed by atoms with Crippen molar-refractivity contribution in [3.05, 3.63) is 0 Å². The molecule has 0 atom stereocenters. The van der Waals surface area contributed by atoms with Gasteiger partial charge in [0, 0.05) is 0 Å². The molecule has 0 unspecified atom stereocenters. The fourth-order valence-electron chi connectivity index (χ4n) is 0.354. The molecule has 0 aliphatic rings. The largest absolute Gasteiger partial charge is 0.320 e. The summed E-state index contributed by atoms with van der Waals surface area (Å²) in [6.07, 6.45) is 7.87. The molecule has 0 bridgehead atoms. The molecule has 0 aromatic rings. The molecule has 0 fully saturated rings. The van der Waals surface area contributed by atoms with Gasteiger partial charge in [-0.05, 0) is 20.0 Å². The van der Waals surface area contributed by atoms with Gasteiger partial charge >= 0.3 is 0 Å². The molecule has 0 aliphatic heterocycles. The minimum atomic E-state index is 1.16. The van der Waals surface area contributed by atoms with Crippen LogP contribution in [0.5, 0.6) is 0 Å². The van der Waals surface area contributed by atoms with Gasteiger partial charge in [0.25, 0.3) is 0 Å². The standard InChI is InChI=1S/C5H13N.2C4H10/c1-3-4-5-6-2;2*1-3-4-2/h6H,3-5H2,1-2H3;2*3-4H2,1-2H3. The Morgan fingerprint density at radius 2 is 1.00 bits per heavy atom. The van der Waals surface area contributed by atoms with Crippen LogP contribution in [0.2, 0.25) is 0 Å². The van der Waals surface area contributed by atoms with Crippen LogP contribution in [0.3, 0.4) is 0 Å².